The lowest BCUT2D eigenvalue weighted by Crippen LogP contribution is -2.45. The summed E-state index contributed by atoms with van der Waals surface area (Å²) in [5.74, 6) is 0.323. The van der Waals surface area contributed by atoms with Crippen LogP contribution in [0.25, 0.3) is 0 Å². The number of benzene rings is 1. The van der Waals surface area contributed by atoms with E-state index in [0.717, 1.165) is 25.3 Å². The van der Waals surface area contributed by atoms with Crippen LogP contribution >= 0.6 is 35.6 Å². The summed E-state index contributed by atoms with van der Waals surface area (Å²) in [5, 5.41) is 7.08. The molecule has 1 aliphatic rings. The number of nitrogens with one attached hydrogen (secondary N) is 2. The molecular weight excluding hydrogens is 499 g/mol. The summed E-state index contributed by atoms with van der Waals surface area (Å²) in [7, 11) is 1.67. The molecule has 2 aromatic rings. The maximum absolute atomic E-state index is 13.7. The molecule has 1 aromatic carbocycles. The standard InChI is InChI=1S/C19H22ClF2N5.HI/c1-23-19(25-10-7-14-16(21)5-2-6-17(14)22)26-13-8-11-27(12-13)18-15(20)4-3-9-24-18;/h2-6,9,13H,7-8,10-12H2,1H3,(H2,23,25,26);1H. The Hall–Kier alpha value is -1.68. The Balaban J connectivity index is 0.00000280. The third-order valence-corrected chi connectivity index (χ3v) is 4.82. The summed E-state index contributed by atoms with van der Waals surface area (Å²) in [6.45, 7) is 1.96. The van der Waals surface area contributed by atoms with Gasteiger partial charge in [-0.1, -0.05) is 17.7 Å². The number of pyridine rings is 1. The first-order valence-corrected chi connectivity index (χ1v) is 9.22. The van der Waals surface area contributed by atoms with Crippen molar-refractivity contribution >= 4 is 47.4 Å². The van der Waals surface area contributed by atoms with Crippen molar-refractivity contribution in [1.82, 2.24) is 15.6 Å². The molecule has 1 unspecified atom stereocenters. The van der Waals surface area contributed by atoms with Crippen LogP contribution in [-0.4, -0.2) is 43.7 Å². The molecule has 0 spiro atoms. The van der Waals surface area contributed by atoms with Gasteiger partial charge in [-0.15, -0.1) is 24.0 Å². The number of hydrogen-bond acceptors (Lipinski definition) is 3. The zero-order valence-corrected chi connectivity index (χ0v) is 18.5. The molecule has 1 saturated heterocycles. The van der Waals surface area contributed by atoms with E-state index in [1.54, 1.807) is 13.2 Å². The molecule has 1 aliphatic heterocycles. The molecule has 0 bridgehead atoms. The molecule has 5 nitrogen and oxygen atoms in total. The van der Waals surface area contributed by atoms with Crippen LogP contribution in [-0.2, 0) is 6.42 Å². The molecule has 0 saturated carbocycles. The molecule has 2 heterocycles. The van der Waals surface area contributed by atoms with E-state index in [1.165, 1.54) is 18.2 Å². The fourth-order valence-electron chi connectivity index (χ4n) is 3.15. The van der Waals surface area contributed by atoms with E-state index in [-0.39, 0.29) is 42.0 Å². The van der Waals surface area contributed by atoms with Crippen molar-refractivity contribution in [2.45, 2.75) is 18.9 Å². The molecule has 0 radical (unpaired) electrons. The number of rotatable bonds is 5. The zero-order chi connectivity index (χ0) is 19.2. The molecule has 1 fully saturated rings. The van der Waals surface area contributed by atoms with Crippen molar-refractivity contribution in [3.63, 3.8) is 0 Å². The van der Waals surface area contributed by atoms with Gasteiger partial charge in [0.25, 0.3) is 0 Å². The lowest BCUT2D eigenvalue weighted by molar-refractivity contribution is 0.552. The highest BCUT2D eigenvalue weighted by atomic mass is 127. The fraction of sp³-hybridized carbons (Fsp3) is 0.368. The van der Waals surface area contributed by atoms with Crippen LogP contribution in [0.1, 0.15) is 12.0 Å². The molecule has 0 aliphatic carbocycles. The number of guanidine groups is 1. The third-order valence-electron chi connectivity index (χ3n) is 4.52. The SMILES string of the molecule is CN=C(NCCc1c(F)cccc1F)NC1CCN(c2ncccc2Cl)C1.I. The van der Waals surface area contributed by atoms with Gasteiger partial charge in [0.15, 0.2) is 5.96 Å². The Morgan fingerprint density at radius 2 is 2.04 bits per heavy atom. The Labute approximate surface area is 185 Å². The van der Waals surface area contributed by atoms with Crippen molar-refractivity contribution in [1.29, 1.82) is 0 Å². The molecule has 2 N–H and O–H groups in total. The first-order valence-electron chi connectivity index (χ1n) is 8.84. The van der Waals surface area contributed by atoms with E-state index in [2.05, 4.69) is 25.5 Å². The van der Waals surface area contributed by atoms with Gasteiger partial charge in [-0.2, -0.15) is 0 Å². The molecule has 0 amide bonds. The van der Waals surface area contributed by atoms with Crippen LogP contribution in [0.5, 0.6) is 0 Å². The topological polar surface area (TPSA) is 52.6 Å². The van der Waals surface area contributed by atoms with Crippen molar-refractivity contribution in [2.75, 3.05) is 31.6 Å². The average molecular weight is 522 g/mol. The van der Waals surface area contributed by atoms with Crippen LogP contribution in [0.3, 0.4) is 0 Å². The van der Waals surface area contributed by atoms with Crippen LogP contribution in [0, 0.1) is 11.6 Å². The van der Waals surface area contributed by atoms with E-state index >= 15 is 0 Å². The van der Waals surface area contributed by atoms with Gasteiger partial charge >= 0.3 is 0 Å². The Bertz CT molecular complexity index is 800. The summed E-state index contributed by atoms with van der Waals surface area (Å²) >= 11 is 6.22. The minimum atomic E-state index is -0.529. The van der Waals surface area contributed by atoms with Gasteiger partial charge in [0.1, 0.15) is 17.5 Å². The van der Waals surface area contributed by atoms with Crippen molar-refractivity contribution < 1.29 is 8.78 Å². The predicted molar refractivity (Wildman–Crippen MR) is 120 cm³/mol. The zero-order valence-electron chi connectivity index (χ0n) is 15.5. The fourth-order valence-corrected chi connectivity index (χ4v) is 3.39. The van der Waals surface area contributed by atoms with Crippen LogP contribution in [0.15, 0.2) is 41.5 Å². The van der Waals surface area contributed by atoms with Gasteiger partial charge < -0.3 is 15.5 Å². The van der Waals surface area contributed by atoms with E-state index in [9.17, 15) is 8.78 Å². The normalized spacial score (nSPS) is 16.6. The number of anilines is 1. The maximum Gasteiger partial charge on any atom is 0.191 e. The highest BCUT2D eigenvalue weighted by Gasteiger charge is 2.25. The third kappa shape index (κ3) is 5.66. The van der Waals surface area contributed by atoms with E-state index in [1.807, 2.05) is 12.1 Å². The summed E-state index contributed by atoms with van der Waals surface area (Å²) in [6, 6.07) is 7.71. The first kappa shape index (κ1) is 22.6. The van der Waals surface area contributed by atoms with Gasteiger partial charge in [0.05, 0.1) is 5.02 Å². The number of hydrogen-bond donors (Lipinski definition) is 2. The van der Waals surface area contributed by atoms with Crippen molar-refractivity contribution in [2.24, 2.45) is 4.99 Å². The number of aromatic nitrogens is 1. The second-order valence-electron chi connectivity index (χ2n) is 6.33. The Morgan fingerprint density at radius 3 is 2.71 bits per heavy atom. The second kappa shape index (κ2) is 10.8. The summed E-state index contributed by atoms with van der Waals surface area (Å²) in [5.41, 5.74) is 0.0808. The first-order chi connectivity index (χ1) is 13.1. The summed E-state index contributed by atoms with van der Waals surface area (Å²) < 4.78 is 27.4. The second-order valence-corrected chi connectivity index (χ2v) is 6.74. The summed E-state index contributed by atoms with van der Waals surface area (Å²) in [6.07, 6.45) is 2.87. The number of halogens is 4. The van der Waals surface area contributed by atoms with E-state index < -0.39 is 11.6 Å². The monoisotopic (exact) mass is 521 g/mol. The summed E-state index contributed by atoms with van der Waals surface area (Å²) in [4.78, 5) is 10.7. The van der Waals surface area contributed by atoms with Crippen LogP contribution in [0.2, 0.25) is 5.02 Å². The maximum atomic E-state index is 13.7. The van der Waals surface area contributed by atoms with Gasteiger partial charge in [0, 0.05) is 44.5 Å². The number of aliphatic imine (C=N–C) groups is 1. The minimum absolute atomic E-state index is 0. The molecule has 3 rings (SSSR count). The van der Waals surface area contributed by atoms with Crippen molar-refractivity contribution in [3.05, 3.63) is 58.7 Å². The molecule has 9 heteroatoms. The predicted octanol–water partition coefficient (Wildman–Crippen LogP) is 3.62. The Morgan fingerprint density at radius 1 is 1.29 bits per heavy atom. The lowest BCUT2D eigenvalue weighted by atomic mass is 10.1. The molecule has 1 atom stereocenters. The smallest absolute Gasteiger partial charge is 0.191 e. The quantitative estimate of drug-likeness (QED) is 0.359. The highest BCUT2D eigenvalue weighted by molar-refractivity contribution is 14.0. The molecule has 28 heavy (non-hydrogen) atoms. The average Bonchev–Trinajstić information content (AvgIpc) is 3.12. The van der Waals surface area contributed by atoms with E-state index in [0.29, 0.717) is 17.5 Å². The molecular formula is C19H23ClF2IN5. The minimum Gasteiger partial charge on any atom is -0.356 e. The van der Waals surface area contributed by atoms with E-state index in [4.69, 9.17) is 11.6 Å². The van der Waals surface area contributed by atoms with Gasteiger partial charge in [-0.3, -0.25) is 4.99 Å². The van der Waals surface area contributed by atoms with Gasteiger partial charge in [-0.25, -0.2) is 13.8 Å². The van der Waals surface area contributed by atoms with Crippen LogP contribution < -0.4 is 15.5 Å². The highest BCUT2D eigenvalue weighted by Crippen LogP contribution is 2.25. The molecule has 1 aromatic heterocycles. The van der Waals surface area contributed by atoms with Gasteiger partial charge in [-0.05, 0) is 37.1 Å². The molecule has 152 valence electrons. The van der Waals surface area contributed by atoms with Crippen molar-refractivity contribution in [3.8, 4) is 0 Å². The van der Waals surface area contributed by atoms with Gasteiger partial charge in [0.2, 0.25) is 0 Å². The lowest BCUT2D eigenvalue weighted by Gasteiger charge is -2.20. The largest absolute Gasteiger partial charge is 0.356 e. The number of nitrogens with zero attached hydrogens (tertiary/aromatic N) is 3. The van der Waals surface area contributed by atoms with Crippen LogP contribution in [0.4, 0.5) is 14.6 Å². The Kier molecular flexibility index (Phi) is 8.68.